The average molecular weight is 423 g/mol. The minimum atomic E-state index is -1.12. The van der Waals surface area contributed by atoms with Crippen molar-refractivity contribution in [3.8, 4) is 5.75 Å². The van der Waals surface area contributed by atoms with Crippen molar-refractivity contribution in [1.29, 1.82) is 0 Å². The van der Waals surface area contributed by atoms with E-state index in [1.807, 2.05) is 25.1 Å². The number of aryl methyl sites for hydroxylation is 1. The summed E-state index contributed by atoms with van der Waals surface area (Å²) in [6.45, 7) is 3.56. The second kappa shape index (κ2) is 9.93. The van der Waals surface area contributed by atoms with Crippen LogP contribution in [0.4, 0.5) is 0 Å². The molecule has 2 aromatic carbocycles. The number of fused-ring (bicyclic) bond motifs is 1. The molecular weight excluding hydrogens is 398 g/mol. The Morgan fingerprint density at radius 2 is 1.87 bits per heavy atom. The van der Waals surface area contributed by atoms with Gasteiger partial charge >= 0.3 is 11.6 Å². The molecule has 0 fully saturated rings. The van der Waals surface area contributed by atoms with E-state index in [-0.39, 0.29) is 6.42 Å². The number of carbonyl (C=O) groups excluding carboxylic acids is 1. The lowest BCUT2D eigenvalue weighted by Crippen LogP contribution is -2.47. The minimum Gasteiger partial charge on any atom is -0.481 e. The fourth-order valence-electron chi connectivity index (χ4n) is 3.36. The number of carboxylic acids is 1. The highest BCUT2D eigenvalue weighted by molar-refractivity contribution is 5.87. The molecule has 162 valence electrons. The number of aliphatic carboxylic acids is 1. The van der Waals surface area contributed by atoms with E-state index in [9.17, 15) is 19.5 Å². The predicted octanol–water partition coefficient (Wildman–Crippen LogP) is 3.32. The Balaban J connectivity index is 1.71. The summed E-state index contributed by atoms with van der Waals surface area (Å²) < 4.78 is 11.0. The molecule has 1 aromatic heterocycles. The van der Waals surface area contributed by atoms with E-state index < -0.39 is 29.6 Å². The van der Waals surface area contributed by atoms with E-state index in [0.29, 0.717) is 11.3 Å². The second-order valence-corrected chi connectivity index (χ2v) is 7.35. The number of carboxylic acid groups (broad SMARTS) is 1. The van der Waals surface area contributed by atoms with Gasteiger partial charge < -0.3 is 19.6 Å². The summed E-state index contributed by atoms with van der Waals surface area (Å²) in [5.41, 5.74) is 1.64. The highest BCUT2D eigenvalue weighted by atomic mass is 16.5. The molecule has 0 bridgehead atoms. The minimum absolute atomic E-state index is 0.163. The number of nitrogens with one attached hydrogen (secondary N) is 1. The molecule has 0 radical (unpaired) electrons. The van der Waals surface area contributed by atoms with Gasteiger partial charge in [-0.25, -0.2) is 9.59 Å². The zero-order valence-electron chi connectivity index (χ0n) is 17.5. The van der Waals surface area contributed by atoms with E-state index in [1.54, 1.807) is 30.3 Å². The normalized spacial score (nSPS) is 12.8. The fourth-order valence-corrected chi connectivity index (χ4v) is 3.36. The van der Waals surface area contributed by atoms with E-state index in [2.05, 4.69) is 5.32 Å². The monoisotopic (exact) mass is 423 g/mol. The van der Waals surface area contributed by atoms with Crippen molar-refractivity contribution in [2.75, 3.05) is 0 Å². The Kier molecular flexibility index (Phi) is 7.07. The highest BCUT2D eigenvalue weighted by Gasteiger charge is 2.24. The Morgan fingerprint density at radius 3 is 2.55 bits per heavy atom. The first-order valence-electron chi connectivity index (χ1n) is 10.2. The van der Waals surface area contributed by atoms with Crippen molar-refractivity contribution in [1.82, 2.24) is 5.32 Å². The van der Waals surface area contributed by atoms with Gasteiger partial charge in [0.1, 0.15) is 17.4 Å². The van der Waals surface area contributed by atoms with Crippen LogP contribution in [0.15, 0.2) is 63.8 Å². The summed E-state index contributed by atoms with van der Waals surface area (Å²) in [4.78, 5) is 36.0. The third-order valence-electron chi connectivity index (χ3n) is 4.90. The molecule has 0 unspecified atom stereocenters. The first-order valence-corrected chi connectivity index (χ1v) is 10.2. The largest absolute Gasteiger partial charge is 0.481 e. The lowest BCUT2D eigenvalue weighted by atomic mass is 10.1. The number of carbonyl (C=O) groups is 2. The summed E-state index contributed by atoms with van der Waals surface area (Å²) in [6.07, 6.45) is 0.859. The van der Waals surface area contributed by atoms with Gasteiger partial charge in [-0.3, -0.25) is 4.79 Å². The number of hydrogen-bond acceptors (Lipinski definition) is 5. The molecule has 0 saturated heterocycles. The van der Waals surface area contributed by atoms with Gasteiger partial charge in [-0.05, 0) is 36.6 Å². The van der Waals surface area contributed by atoms with Crippen LogP contribution in [-0.4, -0.2) is 29.1 Å². The molecule has 2 N–H and O–H groups in total. The number of ether oxygens (including phenoxy) is 1. The summed E-state index contributed by atoms with van der Waals surface area (Å²) in [5.74, 6) is -1.33. The molecule has 3 rings (SSSR count). The third kappa shape index (κ3) is 5.72. The Labute approximate surface area is 179 Å². The Hall–Kier alpha value is -3.61. The van der Waals surface area contributed by atoms with E-state index in [4.69, 9.17) is 9.15 Å². The SMILES string of the molecule is CCCc1cc(=O)oc2cc(O[C@@H](C)C(=O)N[C@@H](Cc3ccccc3)C(=O)O)ccc12. The van der Waals surface area contributed by atoms with Crippen LogP contribution >= 0.6 is 0 Å². The zero-order chi connectivity index (χ0) is 22.4. The van der Waals surface area contributed by atoms with Crippen LogP contribution in [0.5, 0.6) is 5.75 Å². The Morgan fingerprint density at radius 1 is 1.13 bits per heavy atom. The van der Waals surface area contributed by atoms with Crippen LogP contribution in [-0.2, 0) is 22.4 Å². The van der Waals surface area contributed by atoms with E-state index >= 15 is 0 Å². The highest BCUT2D eigenvalue weighted by Crippen LogP contribution is 2.24. The smallest absolute Gasteiger partial charge is 0.336 e. The Bertz CT molecular complexity index is 1120. The molecule has 7 heteroatoms. The van der Waals surface area contributed by atoms with Crippen LogP contribution in [0.1, 0.15) is 31.4 Å². The topological polar surface area (TPSA) is 106 Å². The predicted molar refractivity (Wildman–Crippen MR) is 116 cm³/mol. The van der Waals surface area contributed by atoms with Gasteiger partial charge in [0, 0.05) is 23.9 Å². The van der Waals surface area contributed by atoms with Gasteiger partial charge in [0.25, 0.3) is 5.91 Å². The summed E-state index contributed by atoms with van der Waals surface area (Å²) in [6, 6.07) is 14.5. The van der Waals surface area contributed by atoms with Crippen molar-refractivity contribution in [3.05, 3.63) is 76.1 Å². The third-order valence-corrected chi connectivity index (χ3v) is 4.90. The van der Waals surface area contributed by atoms with Gasteiger partial charge in [-0.2, -0.15) is 0 Å². The van der Waals surface area contributed by atoms with Gasteiger partial charge in [-0.15, -0.1) is 0 Å². The molecule has 2 atom stereocenters. The van der Waals surface area contributed by atoms with Gasteiger partial charge in [0.15, 0.2) is 6.10 Å². The van der Waals surface area contributed by atoms with E-state index in [0.717, 1.165) is 29.4 Å². The molecule has 1 amide bonds. The fraction of sp³-hybridized carbons (Fsp3) is 0.292. The molecule has 0 saturated carbocycles. The molecule has 0 aliphatic carbocycles. The van der Waals surface area contributed by atoms with Crippen molar-refractivity contribution in [2.24, 2.45) is 0 Å². The number of amides is 1. The molecule has 1 heterocycles. The number of hydrogen-bond donors (Lipinski definition) is 2. The lowest BCUT2D eigenvalue weighted by Gasteiger charge is -2.19. The quantitative estimate of drug-likeness (QED) is 0.512. The average Bonchev–Trinajstić information content (AvgIpc) is 2.73. The van der Waals surface area contributed by atoms with E-state index in [1.165, 1.54) is 13.0 Å². The lowest BCUT2D eigenvalue weighted by molar-refractivity contribution is -0.142. The molecule has 0 aliphatic rings. The van der Waals surface area contributed by atoms with Crippen LogP contribution in [0.2, 0.25) is 0 Å². The van der Waals surface area contributed by atoms with Crippen LogP contribution < -0.4 is 15.7 Å². The summed E-state index contributed by atoms with van der Waals surface area (Å²) in [5, 5.41) is 12.8. The van der Waals surface area contributed by atoms with Gasteiger partial charge in [0.05, 0.1) is 0 Å². The maximum atomic E-state index is 12.5. The zero-order valence-corrected chi connectivity index (χ0v) is 17.5. The molecule has 7 nitrogen and oxygen atoms in total. The summed E-state index contributed by atoms with van der Waals surface area (Å²) >= 11 is 0. The van der Waals surface area contributed by atoms with Crippen molar-refractivity contribution < 1.29 is 23.8 Å². The molecule has 0 aliphatic heterocycles. The first kappa shape index (κ1) is 22.1. The first-order chi connectivity index (χ1) is 14.9. The molecule has 0 spiro atoms. The molecule has 3 aromatic rings. The van der Waals surface area contributed by atoms with Crippen molar-refractivity contribution in [3.63, 3.8) is 0 Å². The number of rotatable bonds is 9. The standard InChI is InChI=1S/C24H25NO6/c1-3-7-17-13-22(26)31-21-14-18(10-11-19(17)21)30-15(2)23(27)25-20(24(28)29)12-16-8-5-4-6-9-16/h4-6,8-11,13-15,20H,3,7,12H2,1-2H3,(H,25,27)(H,28,29)/t15-,20-/m0/s1. The molecule has 31 heavy (non-hydrogen) atoms. The van der Waals surface area contributed by atoms with Crippen molar-refractivity contribution in [2.45, 2.75) is 45.3 Å². The van der Waals surface area contributed by atoms with Gasteiger partial charge in [0.2, 0.25) is 0 Å². The van der Waals surface area contributed by atoms with Crippen LogP contribution in [0.3, 0.4) is 0 Å². The number of benzene rings is 2. The van der Waals surface area contributed by atoms with Crippen LogP contribution in [0, 0.1) is 0 Å². The summed E-state index contributed by atoms with van der Waals surface area (Å²) in [7, 11) is 0. The van der Waals surface area contributed by atoms with Gasteiger partial charge in [-0.1, -0.05) is 43.7 Å². The van der Waals surface area contributed by atoms with Crippen molar-refractivity contribution >= 4 is 22.8 Å². The maximum Gasteiger partial charge on any atom is 0.336 e. The molecular formula is C24H25NO6. The maximum absolute atomic E-state index is 12.5. The van der Waals surface area contributed by atoms with Crippen LogP contribution in [0.25, 0.3) is 11.0 Å². The second-order valence-electron chi connectivity index (χ2n) is 7.35.